The molecule has 0 fully saturated rings. The van der Waals surface area contributed by atoms with Gasteiger partial charge in [0.2, 0.25) is 0 Å². The van der Waals surface area contributed by atoms with E-state index in [0.717, 1.165) is 64.2 Å². The third-order valence-corrected chi connectivity index (χ3v) is 17.7. The van der Waals surface area contributed by atoms with Gasteiger partial charge in [0.15, 0.2) is 6.10 Å². The summed E-state index contributed by atoms with van der Waals surface area (Å²) in [6.07, 6.45) is 93.0. The predicted octanol–water partition coefficient (Wildman–Crippen LogP) is 24.1. The van der Waals surface area contributed by atoms with Crippen molar-refractivity contribution in [2.45, 2.75) is 367 Å². The second kappa shape index (κ2) is 68.8. The van der Waals surface area contributed by atoms with Gasteiger partial charge in [0, 0.05) is 12.8 Å². The highest BCUT2D eigenvalue weighted by Crippen LogP contribution is 2.38. The molecule has 0 aliphatic heterocycles. The van der Waals surface area contributed by atoms with Crippen molar-refractivity contribution in [2.75, 3.05) is 47.5 Å². The molecule has 0 aliphatic carbocycles. The molecular weight excluding hydrogens is 1110 g/mol. The van der Waals surface area contributed by atoms with E-state index >= 15 is 0 Å². The number of unbranched alkanes of at least 4 members (excludes halogenated alkanes) is 44. The lowest BCUT2D eigenvalue weighted by molar-refractivity contribution is -0.870. The molecule has 10 heteroatoms. The van der Waals surface area contributed by atoms with E-state index in [-0.39, 0.29) is 32.0 Å². The minimum absolute atomic E-state index is 0.0294. The number of likely N-dealkylation sites (N-methyl/N-ethyl adjacent to an activating group) is 1. The standard InChI is InChI=1S/C78H144NO8P/c1-6-8-10-12-14-16-18-20-22-24-26-28-30-31-32-33-34-35-36-37-38-39-40-41-42-43-44-45-46-47-49-51-53-55-57-59-61-63-65-67-69-71-78(81)87-76(75-86-88(82,83)85-73-72-79(3,4)5)74-84-77(80)70-68-66-64-62-60-58-56-54-52-50-48-29-27-25-23-21-19-17-15-13-11-9-7-2/h8,10,14,16,20,22,25-28,31-32,76H,6-7,9,11-13,15,17-19,21,23-24,29-30,33-75H2,1-5H3/b10-8-,16-14-,22-20-,27-25-,28-26-,32-31-. The molecule has 0 N–H and O–H groups in total. The van der Waals surface area contributed by atoms with Gasteiger partial charge in [0.05, 0.1) is 27.7 Å². The van der Waals surface area contributed by atoms with Gasteiger partial charge in [0.1, 0.15) is 19.8 Å². The fraction of sp³-hybridized carbons (Fsp3) is 0.821. The monoisotopic (exact) mass is 1250 g/mol. The SMILES string of the molecule is CC/C=C\C/C=C\C/C=C\C/C=C\C/C=C\CCCCCCCCCCCCCCCCCCCCCCCCCCCC(=O)OC(COC(=O)CCCCCCCCCCCCC/C=C\CCCCCCCCCC)COP(=O)([O-])OCC[N+](C)(C)C. The van der Waals surface area contributed by atoms with Gasteiger partial charge < -0.3 is 27.9 Å². The Bertz CT molecular complexity index is 1710. The molecular formula is C78H144NO8P. The molecule has 0 amide bonds. The number of esters is 2. The third kappa shape index (κ3) is 72.5. The fourth-order valence-corrected chi connectivity index (χ4v) is 11.7. The van der Waals surface area contributed by atoms with Gasteiger partial charge >= 0.3 is 11.9 Å². The lowest BCUT2D eigenvalue weighted by atomic mass is 10.0. The third-order valence-electron chi connectivity index (χ3n) is 16.7. The number of nitrogens with zero attached hydrogens (tertiary/aromatic N) is 1. The van der Waals surface area contributed by atoms with Crippen molar-refractivity contribution >= 4 is 19.8 Å². The van der Waals surface area contributed by atoms with Crippen molar-refractivity contribution < 1.29 is 42.1 Å². The number of allylic oxidation sites excluding steroid dienone is 12. The molecule has 514 valence electrons. The van der Waals surface area contributed by atoms with Crippen LogP contribution in [-0.2, 0) is 32.7 Å². The van der Waals surface area contributed by atoms with E-state index in [4.69, 9.17) is 18.5 Å². The van der Waals surface area contributed by atoms with E-state index in [2.05, 4.69) is 86.8 Å². The van der Waals surface area contributed by atoms with Crippen LogP contribution in [0.4, 0.5) is 0 Å². The van der Waals surface area contributed by atoms with E-state index in [1.807, 2.05) is 21.1 Å². The molecule has 0 aromatic carbocycles. The van der Waals surface area contributed by atoms with E-state index < -0.39 is 26.5 Å². The Morgan fingerprint density at radius 1 is 0.364 bits per heavy atom. The Morgan fingerprint density at radius 3 is 0.977 bits per heavy atom. The summed E-state index contributed by atoms with van der Waals surface area (Å²) in [4.78, 5) is 38.1. The number of quaternary nitrogens is 1. The maximum atomic E-state index is 12.9. The minimum Gasteiger partial charge on any atom is -0.756 e. The molecule has 9 nitrogen and oxygen atoms in total. The molecule has 0 saturated heterocycles. The topological polar surface area (TPSA) is 111 Å². The number of phosphoric ester groups is 1. The van der Waals surface area contributed by atoms with Crippen molar-refractivity contribution in [3.05, 3.63) is 72.9 Å². The zero-order valence-corrected chi connectivity index (χ0v) is 59.6. The zero-order chi connectivity index (χ0) is 64.1. The van der Waals surface area contributed by atoms with Crippen LogP contribution in [0.1, 0.15) is 361 Å². The van der Waals surface area contributed by atoms with Crippen molar-refractivity contribution in [3.63, 3.8) is 0 Å². The van der Waals surface area contributed by atoms with Crippen LogP contribution in [0.2, 0.25) is 0 Å². The smallest absolute Gasteiger partial charge is 0.306 e. The molecule has 0 heterocycles. The van der Waals surface area contributed by atoms with Gasteiger partial charge in [-0.1, -0.05) is 337 Å². The Balaban J connectivity index is 3.91. The lowest BCUT2D eigenvalue weighted by Crippen LogP contribution is -2.37. The molecule has 0 spiro atoms. The number of carbonyl (C=O) groups excluding carboxylic acids is 2. The second-order valence-electron chi connectivity index (χ2n) is 26.6. The van der Waals surface area contributed by atoms with Crippen LogP contribution in [0.25, 0.3) is 0 Å². The number of rotatable bonds is 70. The summed E-state index contributed by atoms with van der Waals surface area (Å²) in [7, 11) is 1.18. The number of ether oxygens (including phenoxy) is 2. The quantitative estimate of drug-likeness (QED) is 0.0195. The van der Waals surface area contributed by atoms with E-state index in [1.165, 1.54) is 263 Å². The average Bonchev–Trinajstić information content (AvgIpc) is 3.58. The van der Waals surface area contributed by atoms with Crippen LogP contribution < -0.4 is 4.89 Å². The van der Waals surface area contributed by atoms with Crippen LogP contribution in [0, 0.1) is 0 Å². The molecule has 0 aromatic rings. The van der Waals surface area contributed by atoms with Gasteiger partial charge in [-0.2, -0.15) is 0 Å². The molecule has 0 aliphatic rings. The van der Waals surface area contributed by atoms with Gasteiger partial charge in [-0.05, 0) is 83.5 Å². The van der Waals surface area contributed by atoms with Gasteiger partial charge in [0.25, 0.3) is 7.82 Å². The van der Waals surface area contributed by atoms with Crippen LogP contribution >= 0.6 is 7.82 Å². The number of hydrogen-bond acceptors (Lipinski definition) is 8. The van der Waals surface area contributed by atoms with E-state index in [0.29, 0.717) is 17.4 Å². The zero-order valence-electron chi connectivity index (χ0n) is 58.7. The van der Waals surface area contributed by atoms with Gasteiger partial charge in [-0.25, -0.2) is 0 Å². The minimum atomic E-state index is -4.64. The highest BCUT2D eigenvalue weighted by Gasteiger charge is 2.22. The van der Waals surface area contributed by atoms with Gasteiger partial charge in [-0.3, -0.25) is 14.2 Å². The summed E-state index contributed by atoms with van der Waals surface area (Å²) < 4.78 is 34.4. The average molecular weight is 1250 g/mol. The first-order chi connectivity index (χ1) is 43.0. The molecule has 0 aromatic heterocycles. The molecule has 88 heavy (non-hydrogen) atoms. The Labute approximate surface area is 546 Å². The molecule has 0 saturated carbocycles. The Hall–Kier alpha value is -2.55. The molecule has 0 bridgehead atoms. The highest BCUT2D eigenvalue weighted by molar-refractivity contribution is 7.45. The fourth-order valence-electron chi connectivity index (χ4n) is 11.0. The maximum Gasteiger partial charge on any atom is 0.306 e. The van der Waals surface area contributed by atoms with Crippen LogP contribution in [-0.4, -0.2) is 70.0 Å². The molecule has 2 atom stereocenters. The summed E-state index contributed by atoms with van der Waals surface area (Å²) in [6, 6.07) is 0. The molecule has 0 radical (unpaired) electrons. The first-order valence-corrected chi connectivity index (χ1v) is 39.1. The second-order valence-corrected chi connectivity index (χ2v) is 28.0. The van der Waals surface area contributed by atoms with Crippen molar-refractivity contribution in [2.24, 2.45) is 0 Å². The molecule has 2 unspecified atom stereocenters. The summed E-state index contributed by atoms with van der Waals surface area (Å²) in [5, 5.41) is 0. The van der Waals surface area contributed by atoms with Crippen molar-refractivity contribution in [3.8, 4) is 0 Å². The normalized spacial score (nSPS) is 13.5. The largest absolute Gasteiger partial charge is 0.756 e. The summed E-state index contributed by atoms with van der Waals surface area (Å²) in [6.45, 7) is 4.18. The van der Waals surface area contributed by atoms with E-state index in [9.17, 15) is 19.0 Å². The first-order valence-electron chi connectivity index (χ1n) is 37.6. The summed E-state index contributed by atoms with van der Waals surface area (Å²) in [5.74, 6) is -0.816. The van der Waals surface area contributed by atoms with Crippen LogP contribution in [0.5, 0.6) is 0 Å². The Kier molecular flexibility index (Phi) is 66.8. The van der Waals surface area contributed by atoms with E-state index in [1.54, 1.807) is 0 Å². The van der Waals surface area contributed by atoms with Crippen LogP contribution in [0.15, 0.2) is 72.9 Å². The maximum absolute atomic E-state index is 12.9. The highest BCUT2D eigenvalue weighted by atomic mass is 31.2. The predicted molar refractivity (Wildman–Crippen MR) is 379 cm³/mol. The number of hydrogen-bond donors (Lipinski definition) is 0. The Morgan fingerprint density at radius 2 is 0.648 bits per heavy atom. The lowest BCUT2D eigenvalue weighted by Gasteiger charge is -2.28. The number of carbonyl (C=O) groups is 2. The van der Waals surface area contributed by atoms with Crippen molar-refractivity contribution in [1.29, 1.82) is 0 Å². The van der Waals surface area contributed by atoms with Crippen LogP contribution in [0.3, 0.4) is 0 Å². The summed E-state index contributed by atoms with van der Waals surface area (Å²) in [5.41, 5.74) is 0. The summed E-state index contributed by atoms with van der Waals surface area (Å²) >= 11 is 0. The van der Waals surface area contributed by atoms with Crippen molar-refractivity contribution in [1.82, 2.24) is 0 Å². The first kappa shape index (κ1) is 85.5. The molecule has 0 rings (SSSR count). The van der Waals surface area contributed by atoms with Gasteiger partial charge in [-0.15, -0.1) is 0 Å². The number of phosphoric acid groups is 1.